The van der Waals surface area contributed by atoms with Crippen molar-refractivity contribution in [1.82, 2.24) is 15.0 Å². The van der Waals surface area contributed by atoms with Gasteiger partial charge in [0.25, 0.3) is 0 Å². The van der Waals surface area contributed by atoms with Crippen LogP contribution in [0.25, 0.3) is 11.2 Å². The Labute approximate surface area is 112 Å². The number of nitrogens with zero attached hydrogens (tertiary/aromatic N) is 2. The number of benzene rings is 1. The molecule has 0 atom stereocenters. The number of hydrogen-bond donors (Lipinski definition) is 2. The highest BCUT2D eigenvalue weighted by Gasteiger charge is 2.05. The lowest BCUT2D eigenvalue weighted by atomic mass is 10.1. The molecule has 2 N–H and O–H groups in total. The average Bonchev–Trinajstić information content (AvgIpc) is 2.73. The number of rotatable bonds is 2. The summed E-state index contributed by atoms with van der Waals surface area (Å²) in [5.74, 6) is 1.13. The van der Waals surface area contributed by atoms with Crippen LogP contribution < -0.4 is 0 Å². The topological polar surface area (TPSA) is 61.8 Å². The fourth-order valence-corrected chi connectivity index (χ4v) is 2.15. The molecule has 0 amide bonds. The number of phenols is 1. The summed E-state index contributed by atoms with van der Waals surface area (Å²) < 4.78 is 0.926. The molecular weight excluding hydrogens is 294 g/mol. The van der Waals surface area contributed by atoms with E-state index in [4.69, 9.17) is 0 Å². The summed E-state index contributed by atoms with van der Waals surface area (Å²) in [6, 6.07) is 9.06. The fraction of sp³-hybridized carbons (Fsp3) is 0.0769. The molecule has 0 fully saturated rings. The molecule has 0 spiro atoms. The molecule has 2 aromatic heterocycles. The molecule has 3 aromatic rings. The van der Waals surface area contributed by atoms with Crippen LogP contribution in [0.4, 0.5) is 0 Å². The normalized spacial score (nSPS) is 10.9. The molecule has 2 heterocycles. The Morgan fingerprint density at radius 2 is 2.00 bits per heavy atom. The number of hydrogen-bond acceptors (Lipinski definition) is 3. The minimum atomic E-state index is 0.272. The van der Waals surface area contributed by atoms with Gasteiger partial charge < -0.3 is 10.1 Å². The van der Waals surface area contributed by atoms with E-state index in [0.717, 1.165) is 21.4 Å². The molecule has 1 aromatic carbocycles. The molecule has 0 saturated heterocycles. The van der Waals surface area contributed by atoms with Crippen molar-refractivity contribution in [2.75, 3.05) is 0 Å². The van der Waals surface area contributed by atoms with E-state index >= 15 is 0 Å². The number of imidazole rings is 1. The minimum Gasteiger partial charge on any atom is -0.508 e. The van der Waals surface area contributed by atoms with E-state index in [2.05, 4.69) is 30.9 Å². The number of H-pyrrole nitrogens is 1. The van der Waals surface area contributed by atoms with Crippen molar-refractivity contribution in [3.63, 3.8) is 0 Å². The van der Waals surface area contributed by atoms with Gasteiger partial charge in [-0.15, -0.1) is 0 Å². The molecule has 5 heteroatoms. The second kappa shape index (κ2) is 4.42. The molecular formula is C13H10BrN3O. The molecule has 3 rings (SSSR count). The van der Waals surface area contributed by atoms with Crippen LogP contribution >= 0.6 is 15.9 Å². The van der Waals surface area contributed by atoms with Gasteiger partial charge in [0.1, 0.15) is 11.6 Å². The molecule has 0 saturated carbocycles. The van der Waals surface area contributed by atoms with Gasteiger partial charge in [-0.05, 0) is 39.7 Å². The molecule has 4 nitrogen and oxygen atoms in total. The first-order valence-corrected chi connectivity index (χ1v) is 6.28. The Kier molecular flexibility index (Phi) is 2.76. The number of aromatic hydroxyl groups is 1. The minimum absolute atomic E-state index is 0.272. The molecule has 0 aliphatic rings. The Hall–Kier alpha value is -1.88. The fourth-order valence-electron chi connectivity index (χ4n) is 1.82. The number of nitrogens with one attached hydrogen (secondary N) is 1. The van der Waals surface area contributed by atoms with Crippen LogP contribution in [0.2, 0.25) is 0 Å². The SMILES string of the molecule is Oc1ccc(Cc2nc3ncc(Br)cc3[nH]2)cc1. The summed E-state index contributed by atoms with van der Waals surface area (Å²) >= 11 is 3.38. The molecule has 0 aliphatic heterocycles. The van der Waals surface area contributed by atoms with Gasteiger partial charge in [-0.2, -0.15) is 0 Å². The first-order chi connectivity index (χ1) is 8.70. The van der Waals surface area contributed by atoms with Crippen LogP contribution in [0, 0.1) is 0 Å². The maximum absolute atomic E-state index is 9.23. The van der Waals surface area contributed by atoms with Crippen molar-refractivity contribution in [3.05, 3.63) is 52.4 Å². The maximum Gasteiger partial charge on any atom is 0.177 e. The highest BCUT2D eigenvalue weighted by atomic mass is 79.9. The lowest BCUT2D eigenvalue weighted by Gasteiger charge is -1.97. The first-order valence-electron chi connectivity index (χ1n) is 5.49. The zero-order valence-electron chi connectivity index (χ0n) is 9.39. The highest BCUT2D eigenvalue weighted by molar-refractivity contribution is 9.10. The second-order valence-corrected chi connectivity index (χ2v) is 4.97. The Balaban J connectivity index is 1.92. The Bertz CT molecular complexity index is 691. The predicted molar refractivity (Wildman–Crippen MR) is 72.5 cm³/mol. The van der Waals surface area contributed by atoms with Gasteiger partial charge in [-0.3, -0.25) is 0 Å². The van der Waals surface area contributed by atoms with Crippen LogP contribution in [0.1, 0.15) is 11.4 Å². The summed E-state index contributed by atoms with van der Waals surface area (Å²) in [5, 5.41) is 9.23. The number of pyridine rings is 1. The highest BCUT2D eigenvalue weighted by Crippen LogP contribution is 2.17. The van der Waals surface area contributed by atoms with E-state index in [9.17, 15) is 5.11 Å². The molecule has 0 aliphatic carbocycles. The monoisotopic (exact) mass is 303 g/mol. The molecule has 0 unspecified atom stereocenters. The van der Waals surface area contributed by atoms with Gasteiger partial charge in [-0.1, -0.05) is 12.1 Å². The van der Waals surface area contributed by atoms with E-state index in [1.807, 2.05) is 18.2 Å². The Morgan fingerprint density at radius 1 is 1.22 bits per heavy atom. The van der Waals surface area contributed by atoms with Crippen molar-refractivity contribution in [3.8, 4) is 5.75 Å². The molecule has 0 bridgehead atoms. The van der Waals surface area contributed by atoms with E-state index < -0.39 is 0 Å². The molecule has 0 radical (unpaired) electrons. The van der Waals surface area contributed by atoms with Gasteiger partial charge in [0.2, 0.25) is 0 Å². The first kappa shape index (κ1) is 11.2. The van der Waals surface area contributed by atoms with Gasteiger partial charge >= 0.3 is 0 Å². The van der Waals surface area contributed by atoms with Crippen LogP contribution in [-0.4, -0.2) is 20.1 Å². The van der Waals surface area contributed by atoms with Gasteiger partial charge in [0.05, 0.1) is 5.52 Å². The summed E-state index contributed by atoms with van der Waals surface area (Å²) in [7, 11) is 0. The number of fused-ring (bicyclic) bond motifs is 1. The third kappa shape index (κ3) is 2.22. The van der Waals surface area contributed by atoms with Gasteiger partial charge in [-0.25, -0.2) is 9.97 Å². The smallest absolute Gasteiger partial charge is 0.177 e. The quantitative estimate of drug-likeness (QED) is 0.765. The number of phenolic OH excluding ortho intramolecular Hbond substituents is 1. The maximum atomic E-state index is 9.23. The van der Waals surface area contributed by atoms with E-state index in [1.165, 1.54) is 0 Å². The largest absolute Gasteiger partial charge is 0.508 e. The lowest BCUT2D eigenvalue weighted by molar-refractivity contribution is 0.475. The van der Waals surface area contributed by atoms with Gasteiger partial charge in [0, 0.05) is 17.1 Å². The number of aromatic nitrogens is 3. The average molecular weight is 304 g/mol. The third-order valence-electron chi connectivity index (χ3n) is 2.66. The molecule has 18 heavy (non-hydrogen) atoms. The zero-order valence-corrected chi connectivity index (χ0v) is 11.0. The lowest BCUT2D eigenvalue weighted by Crippen LogP contribution is -1.89. The number of halogens is 1. The van der Waals surface area contributed by atoms with Crippen molar-refractivity contribution in [1.29, 1.82) is 0 Å². The van der Waals surface area contributed by atoms with Crippen LogP contribution in [0.3, 0.4) is 0 Å². The zero-order chi connectivity index (χ0) is 12.5. The Morgan fingerprint density at radius 3 is 2.78 bits per heavy atom. The van der Waals surface area contributed by atoms with Crippen molar-refractivity contribution >= 4 is 27.1 Å². The summed E-state index contributed by atoms with van der Waals surface area (Å²) in [6.45, 7) is 0. The van der Waals surface area contributed by atoms with E-state index in [0.29, 0.717) is 12.1 Å². The standard InChI is InChI=1S/C13H10BrN3O/c14-9-6-11-13(15-7-9)17-12(16-11)5-8-1-3-10(18)4-2-8/h1-4,6-7,18H,5H2,(H,15,16,17). The summed E-state index contributed by atoms with van der Waals surface area (Å²) in [5.41, 5.74) is 2.72. The van der Waals surface area contributed by atoms with E-state index in [-0.39, 0.29) is 5.75 Å². The van der Waals surface area contributed by atoms with Crippen LogP contribution in [0.5, 0.6) is 5.75 Å². The van der Waals surface area contributed by atoms with Crippen molar-refractivity contribution in [2.24, 2.45) is 0 Å². The van der Waals surface area contributed by atoms with Crippen LogP contribution in [-0.2, 0) is 6.42 Å². The summed E-state index contributed by atoms with van der Waals surface area (Å²) in [4.78, 5) is 11.9. The molecule has 90 valence electrons. The third-order valence-corrected chi connectivity index (χ3v) is 3.09. The number of aromatic amines is 1. The van der Waals surface area contributed by atoms with Crippen LogP contribution in [0.15, 0.2) is 41.0 Å². The van der Waals surface area contributed by atoms with Crippen molar-refractivity contribution in [2.45, 2.75) is 6.42 Å². The predicted octanol–water partition coefficient (Wildman–Crippen LogP) is 3.02. The van der Waals surface area contributed by atoms with Gasteiger partial charge in [0.15, 0.2) is 5.65 Å². The van der Waals surface area contributed by atoms with Crippen molar-refractivity contribution < 1.29 is 5.11 Å². The van der Waals surface area contributed by atoms with E-state index in [1.54, 1.807) is 18.3 Å². The summed E-state index contributed by atoms with van der Waals surface area (Å²) in [6.07, 6.45) is 2.42. The second-order valence-electron chi connectivity index (χ2n) is 4.05.